The summed E-state index contributed by atoms with van der Waals surface area (Å²) >= 11 is 0. The Morgan fingerprint density at radius 1 is 1.11 bits per heavy atom. The highest BCUT2D eigenvalue weighted by Gasteiger charge is 2.22. The zero-order valence-electron chi connectivity index (χ0n) is 15.2. The van der Waals surface area contributed by atoms with Crippen LogP contribution in [0, 0.1) is 6.92 Å². The number of esters is 1. The molecular formula is C21H16N2O5. The third kappa shape index (κ3) is 3.42. The lowest BCUT2D eigenvalue weighted by Gasteiger charge is -2.09. The van der Waals surface area contributed by atoms with Gasteiger partial charge in [-0.15, -0.1) is 0 Å². The maximum absolute atomic E-state index is 12.4. The lowest BCUT2D eigenvalue weighted by Crippen LogP contribution is -2.12. The Labute approximate surface area is 159 Å². The van der Waals surface area contributed by atoms with Crippen LogP contribution in [0.2, 0.25) is 0 Å². The predicted molar refractivity (Wildman–Crippen MR) is 101 cm³/mol. The van der Waals surface area contributed by atoms with Crippen molar-refractivity contribution in [2.45, 2.75) is 20.0 Å². The van der Waals surface area contributed by atoms with Gasteiger partial charge in [-0.25, -0.2) is 4.79 Å². The van der Waals surface area contributed by atoms with E-state index >= 15 is 0 Å². The molecule has 7 nitrogen and oxygen atoms in total. The van der Waals surface area contributed by atoms with Gasteiger partial charge in [-0.05, 0) is 26.0 Å². The van der Waals surface area contributed by atoms with Crippen molar-refractivity contribution in [1.29, 1.82) is 0 Å². The normalized spacial score (nSPS) is 12.1. The summed E-state index contributed by atoms with van der Waals surface area (Å²) in [5, 5.41) is 4.31. The molecule has 0 saturated heterocycles. The summed E-state index contributed by atoms with van der Waals surface area (Å²) in [5.74, 6) is -0.431. The highest BCUT2D eigenvalue weighted by Crippen LogP contribution is 2.22. The molecule has 2 aromatic carbocycles. The molecule has 0 fully saturated rings. The van der Waals surface area contributed by atoms with Crippen molar-refractivity contribution < 1.29 is 18.5 Å². The van der Waals surface area contributed by atoms with Gasteiger partial charge in [0.25, 0.3) is 5.89 Å². The smallest absolute Gasteiger partial charge is 0.375 e. The molecule has 1 atom stereocenters. The second kappa shape index (κ2) is 7.11. The molecule has 0 radical (unpaired) electrons. The van der Waals surface area contributed by atoms with Crippen LogP contribution in [0.4, 0.5) is 0 Å². The fourth-order valence-corrected chi connectivity index (χ4v) is 2.74. The van der Waals surface area contributed by atoms with Crippen molar-refractivity contribution in [2.24, 2.45) is 0 Å². The van der Waals surface area contributed by atoms with Crippen LogP contribution >= 0.6 is 0 Å². The van der Waals surface area contributed by atoms with Gasteiger partial charge < -0.3 is 13.7 Å². The van der Waals surface area contributed by atoms with Crippen molar-refractivity contribution in [1.82, 2.24) is 10.1 Å². The Morgan fingerprint density at radius 3 is 2.68 bits per heavy atom. The lowest BCUT2D eigenvalue weighted by atomic mass is 10.1. The molecule has 2 heterocycles. The number of carbonyl (C=O) groups excluding carboxylic acids is 1. The molecule has 4 aromatic rings. The minimum atomic E-state index is -0.809. The summed E-state index contributed by atoms with van der Waals surface area (Å²) in [6.07, 6.45) is -0.809. The number of aromatic nitrogens is 2. The van der Waals surface area contributed by atoms with Gasteiger partial charge >= 0.3 is 5.97 Å². The molecule has 0 aliphatic rings. The molecule has 0 unspecified atom stereocenters. The summed E-state index contributed by atoms with van der Waals surface area (Å²) in [6, 6.07) is 15.6. The number of ether oxygens (including phenoxy) is 1. The van der Waals surface area contributed by atoms with Crippen LogP contribution in [0.3, 0.4) is 0 Å². The molecule has 7 heteroatoms. The van der Waals surface area contributed by atoms with E-state index in [0.717, 1.165) is 17.2 Å². The van der Waals surface area contributed by atoms with Crippen molar-refractivity contribution in [3.05, 3.63) is 82.0 Å². The third-order valence-corrected chi connectivity index (χ3v) is 4.19. The average molecular weight is 376 g/mol. The Balaban J connectivity index is 1.55. The Morgan fingerprint density at radius 2 is 1.89 bits per heavy atom. The van der Waals surface area contributed by atoms with Gasteiger partial charge in [0.05, 0.1) is 5.39 Å². The largest absolute Gasteiger partial charge is 0.449 e. The van der Waals surface area contributed by atoms with E-state index in [1.54, 1.807) is 25.1 Å². The molecule has 140 valence electrons. The van der Waals surface area contributed by atoms with E-state index in [1.165, 1.54) is 0 Å². The summed E-state index contributed by atoms with van der Waals surface area (Å²) in [4.78, 5) is 28.9. The van der Waals surface area contributed by atoms with Crippen molar-refractivity contribution in [3.63, 3.8) is 0 Å². The molecule has 0 aliphatic heterocycles. The van der Waals surface area contributed by atoms with Crippen molar-refractivity contribution in [2.75, 3.05) is 0 Å². The molecule has 4 rings (SSSR count). The van der Waals surface area contributed by atoms with Crippen LogP contribution in [0.15, 0.2) is 68.3 Å². The number of hydrogen-bond acceptors (Lipinski definition) is 7. The average Bonchev–Trinajstić information content (AvgIpc) is 3.19. The molecule has 0 aliphatic carbocycles. The van der Waals surface area contributed by atoms with Gasteiger partial charge in [-0.1, -0.05) is 47.1 Å². The van der Waals surface area contributed by atoms with E-state index in [2.05, 4.69) is 10.1 Å². The van der Waals surface area contributed by atoms with E-state index in [4.69, 9.17) is 13.7 Å². The minimum absolute atomic E-state index is 0.144. The van der Waals surface area contributed by atoms with E-state index in [-0.39, 0.29) is 17.1 Å². The molecule has 0 saturated carbocycles. The second-order valence-electron chi connectivity index (χ2n) is 6.34. The van der Waals surface area contributed by atoms with E-state index in [0.29, 0.717) is 16.8 Å². The molecule has 0 N–H and O–H groups in total. The zero-order chi connectivity index (χ0) is 19.7. The van der Waals surface area contributed by atoms with Gasteiger partial charge in [0.1, 0.15) is 5.58 Å². The number of aryl methyl sites for hydroxylation is 1. The van der Waals surface area contributed by atoms with Crippen LogP contribution in [-0.4, -0.2) is 16.1 Å². The maximum Gasteiger partial charge on any atom is 0.375 e. The summed E-state index contributed by atoms with van der Waals surface area (Å²) in [7, 11) is 0. The quantitative estimate of drug-likeness (QED) is 0.495. The minimum Gasteiger partial charge on any atom is -0.449 e. The Kier molecular flexibility index (Phi) is 4.49. The third-order valence-electron chi connectivity index (χ3n) is 4.19. The van der Waals surface area contributed by atoms with Gasteiger partial charge in [0, 0.05) is 11.6 Å². The standard InChI is InChI=1S/C21H16N2O5/c1-12-8-9-17-15(10-12)16(24)11-18(27-17)21(25)26-13(2)20-22-19(23-28-20)14-6-4-3-5-7-14/h3-11,13H,1-2H3/t13-/m0/s1. The van der Waals surface area contributed by atoms with Gasteiger partial charge in [0.15, 0.2) is 11.5 Å². The SMILES string of the molecule is Cc1ccc2oc(C(=O)O[C@@H](C)c3nc(-c4ccccc4)no3)cc(=O)c2c1. The van der Waals surface area contributed by atoms with Gasteiger partial charge in [0.2, 0.25) is 11.6 Å². The fraction of sp³-hybridized carbons (Fsp3) is 0.143. The number of hydrogen-bond donors (Lipinski definition) is 0. The Bertz CT molecular complexity index is 1210. The maximum atomic E-state index is 12.4. The number of nitrogens with zero attached hydrogens (tertiary/aromatic N) is 2. The van der Waals surface area contributed by atoms with Crippen LogP contribution < -0.4 is 5.43 Å². The summed E-state index contributed by atoms with van der Waals surface area (Å²) in [5.41, 5.74) is 1.72. The van der Waals surface area contributed by atoms with E-state index in [9.17, 15) is 9.59 Å². The Hall–Kier alpha value is -3.74. The van der Waals surface area contributed by atoms with E-state index < -0.39 is 12.1 Å². The van der Waals surface area contributed by atoms with E-state index in [1.807, 2.05) is 37.3 Å². The van der Waals surface area contributed by atoms with Gasteiger partial charge in [-0.3, -0.25) is 4.79 Å². The van der Waals surface area contributed by atoms with Crippen LogP contribution in [-0.2, 0) is 4.74 Å². The fourth-order valence-electron chi connectivity index (χ4n) is 2.74. The van der Waals surface area contributed by atoms with Crippen LogP contribution in [0.5, 0.6) is 0 Å². The first-order chi connectivity index (χ1) is 13.5. The van der Waals surface area contributed by atoms with Crippen LogP contribution in [0.1, 0.15) is 35.0 Å². The first kappa shape index (κ1) is 17.7. The number of benzene rings is 2. The monoisotopic (exact) mass is 376 g/mol. The summed E-state index contributed by atoms with van der Waals surface area (Å²) < 4.78 is 16.1. The van der Waals surface area contributed by atoms with Gasteiger partial charge in [-0.2, -0.15) is 4.98 Å². The van der Waals surface area contributed by atoms with Crippen molar-refractivity contribution >= 4 is 16.9 Å². The van der Waals surface area contributed by atoms with Crippen molar-refractivity contribution in [3.8, 4) is 11.4 Å². The molecule has 0 bridgehead atoms. The molecule has 0 spiro atoms. The lowest BCUT2D eigenvalue weighted by molar-refractivity contribution is 0.0231. The second-order valence-corrected chi connectivity index (χ2v) is 6.34. The predicted octanol–water partition coefficient (Wildman–Crippen LogP) is 4.07. The van der Waals surface area contributed by atoms with Crippen LogP contribution in [0.25, 0.3) is 22.4 Å². The number of rotatable bonds is 4. The molecule has 2 aromatic heterocycles. The highest BCUT2D eigenvalue weighted by atomic mass is 16.6. The topological polar surface area (TPSA) is 95.4 Å². The highest BCUT2D eigenvalue weighted by molar-refractivity contribution is 5.89. The molecule has 28 heavy (non-hydrogen) atoms. The first-order valence-corrected chi connectivity index (χ1v) is 8.66. The first-order valence-electron chi connectivity index (χ1n) is 8.66. The molecule has 0 amide bonds. The number of carbonyl (C=O) groups is 1. The molecular weight excluding hydrogens is 360 g/mol. The summed E-state index contributed by atoms with van der Waals surface area (Å²) in [6.45, 7) is 3.47. The number of fused-ring (bicyclic) bond motifs is 1. The zero-order valence-corrected chi connectivity index (χ0v) is 15.2.